The number of aromatic hydroxyl groups is 1. The number of ether oxygens (including phenoxy) is 2. The zero-order valence-electron chi connectivity index (χ0n) is 16.7. The van der Waals surface area contributed by atoms with Crippen LogP contribution in [0.5, 0.6) is 11.5 Å². The van der Waals surface area contributed by atoms with E-state index >= 15 is 0 Å². The average molecular weight is 398 g/mol. The van der Waals surface area contributed by atoms with E-state index in [1.54, 1.807) is 12.1 Å². The first-order valence-electron chi connectivity index (χ1n) is 9.32. The summed E-state index contributed by atoms with van der Waals surface area (Å²) in [5, 5.41) is 12.9. The van der Waals surface area contributed by atoms with E-state index in [9.17, 15) is 14.7 Å². The molecule has 0 aliphatic heterocycles. The van der Waals surface area contributed by atoms with E-state index in [4.69, 9.17) is 13.9 Å². The van der Waals surface area contributed by atoms with Crippen molar-refractivity contribution in [1.29, 1.82) is 0 Å². The summed E-state index contributed by atoms with van der Waals surface area (Å²) < 4.78 is 15.3. The molecule has 0 aliphatic carbocycles. The number of fused-ring (bicyclic) bond motifs is 1. The number of carbonyl (C=O) groups is 1. The Morgan fingerprint density at radius 3 is 2.59 bits per heavy atom. The molecule has 0 unspecified atom stereocenters. The van der Waals surface area contributed by atoms with Gasteiger partial charge in [0.25, 0.3) is 0 Å². The van der Waals surface area contributed by atoms with E-state index in [1.165, 1.54) is 26.4 Å². The van der Waals surface area contributed by atoms with Crippen LogP contribution in [-0.2, 0) is 24.2 Å². The molecule has 3 rings (SSSR count). The van der Waals surface area contributed by atoms with E-state index in [1.807, 2.05) is 24.4 Å². The highest BCUT2D eigenvalue weighted by Gasteiger charge is 2.15. The summed E-state index contributed by atoms with van der Waals surface area (Å²) in [5.74, 6) is 0.124. The molecule has 0 saturated heterocycles. The molecule has 0 saturated carbocycles. The van der Waals surface area contributed by atoms with Gasteiger partial charge < -0.3 is 24.3 Å². The highest BCUT2D eigenvalue weighted by atomic mass is 16.5. The zero-order valence-corrected chi connectivity index (χ0v) is 16.7. The maximum absolute atomic E-state index is 11.9. The minimum absolute atomic E-state index is 0.123. The fraction of sp³-hybridized carbons (Fsp3) is 0.273. The molecule has 29 heavy (non-hydrogen) atoms. The third kappa shape index (κ3) is 4.41. The van der Waals surface area contributed by atoms with E-state index in [2.05, 4.69) is 0 Å². The Morgan fingerprint density at radius 2 is 1.90 bits per heavy atom. The van der Waals surface area contributed by atoms with Crippen LogP contribution in [-0.4, -0.2) is 25.3 Å². The van der Waals surface area contributed by atoms with Gasteiger partial charge in [0.15, 0.2) is 0 Å². The molecule has 3 aromatic rings. The predicted molar refractivity (Wildman–Crippen MR) is 107 cm³/mol. The molecule has 1 aromatic heterocycles. The van der Waals surface area contributed by atoms with Gasteiger partial charge in [0.2, 0.25) is 0 Å². The first-order chi connectivity index (χ1) is 14.0. The lowest BCUT2D eigenvalue weighted by Crippen LogP contribution is -2.80. The Morgan fingerprint density at radius 1 is 1.10 bits per heavy atom. The van der Waals surface area contributed by atoms with Crippen molar-refractivity contribution in [3.8, 4) is 11.5 Å². The monoisotopic (exact) mass is 398 g/mol. The zero-order chi connectivity index (χ0) is 21.0. The Labute approximate surface area is 167 Å². The number of phenolic OH excluding ortho intramolecular Hbond substituents is 1. The maximum atomic E-state index is 11.9. The van der Waals surface area contributed by atoms with Crippen molar-refractivity contribution >= 4 is 16.9 Å². The number of quaternary nitrogens is 1. The van der Waals surface area contributed by atoms with Gasteiger partial charge in [0.1, 0.15) is 35.7 Å². The van der Waals surface area contributed by atoms with Gasteiger partial charge in [-0.2, -0.15) is 0 Å². The highest BCUT2D eigenvalue weighted by Crippen LogP contribution is 2.26. The standard InChI is InChI=1S/C22H23NO6/c1-4-14-8-16-15(9-21(25)29-20(16)10-18(14)24)12-23-11-13-5-6-19(27-2)17(7-13)22(26)28-3/h5-10,23-24H,4,11-12H2,1-3H3/p+1. The Kier molecular flexibility index (Phi) is 6.19. The number of carbonyl (C=O) groups excluding carboxylic acids is 1. The van der Waals surface area contributed by atoms with Gasteiger partial charge in [-0.15, -0.1) is 0 Å². The van der Waals surface area contributed by atoms with Gasteiger partial charge in [-0.05, 0) is 36.2 Å². The number of rotatable bonds is 7. The fourth-order valence-corrected chi connectivity index (χ4v) is 3.31. The lowest BCUT2D eigenvalue weighted by Gasteiger charge is -2.10. The second-order valence-electron chi connectivity index (χ2n) is 6.64. The fourth-order valence-electron chi connectivity index (χ4n) is 3.31. The number of benzene rings is 2. The van der Waals surface area contributed by atoms with Gasteiger partial charge in [-0.1, -0.05) is 6.92 Å². The van der Waals surface area contributed by atoms with Crippen molar-refractivity contribution in [2.45, 2.75) is 26.4 Å². The quantitative estimate of drug-likeness (QED) is 0.467. The molecular weight excluding hydrogens is 374 g/mol. The summed E-state index contributed by atoms with van der Waals surface area (Å²) in [6, 6.07) is 10.2. The van der Waals surface area contributed by atoms with Gasteiger partial charge in [0.05, 0.1) is 14.2 Å². The van der Waals surface area contributed by atoms with Crippen molar-refractivity contribution in [2.75, 3.05) is 14.2 Å². The lowest BCUT2D eigenvalue weighted by atomic mass is 10.0. The molecular formula is C22H24NO6+. The molecule has 0 atom stereocenters. The average Bonchev–Trinajstić information content (AvgIpc) is 2.72. The topological polar surface area (TPSA) is 103 Å². The summed E-state index contributed by atoms with van der Waals surface area (Å²) in [7, 11) is 2.83. The SMILES string of the molecule is CCc1cc2c(C[NH2+]Cc3ccc(OC)c(C(=O)OC)c3)cc(=O)oc2cc1O. The van der Waals surface area contributed by atoms with Gasteiger partial charge in [0, 0.05) is 28.6 Å². The van der Waals surface area contributed by atoms with Crippen molar-refractivity contribution < 1.29 is 29.1 Å². The molecule has 0 spiro atoms. The van der Waals surface area contributed by atoms with E-state index in [0.717, 1.165) is 22.1 Å². The number of phenols is 1. The Hall–Kier alpha value is -3.32. The van der Waals surface area contributed by atoms with E-state index < -0.39 is 11.6 Å². The first kappa shape index (κ1) is 20.4. The summed E-state index contributed by atoms with van der Waals surface area (Å²) in [4.78, 5) is 23.8. The van der Waals surface area contributed by atoms with Gasteiger partial charge >= 0.3 is 11.6 Å². The van der Waals surface area contributed by atoms with Crippen molar-refractivity contribution in [3.63, 3.8) is 0 Å². The number of aryl methyl sites for hydroxylation is 1. The van der Waals surface area contributed by atoms with E-state index in [-0.39, 0.29) is 5.75 Å². The third-order valence-corrected chi connectivity index (χ3v) is 4.82. The summed E-state index contributed by atoms with van der Waals surface area (Å²) in [6.07, 6.45) is 0.673. The molecule has 0 bridgehead atoms. The number of esters is 1. The molecule has 0 aliphatic rings. The summed E-state index contributed by atoms with van der Waals surface area (Å²) >= 11 is 0. The van der Waals surface area contributed by atoms with Gasteiger partial charge in [-0.3, -0.25) is 0 Å². The van der Waals surface area contributed by atoms with Crippen molar-refractivity contribution in [2.24, 2.45) is 0 Å². The minimum Gasteiger partial charge on any atom is -0.508 e. The maximum Gasteiger partial charge on any atom is 0.341 e. The molecule has 2 aromatic carbocycles. The van der Waals surface area contributed by atoms with Crippen LogP contribution in [0, 0.1) is 0 Å². The molecule has 3 N–H and O–H groups in total. The molecule has 7 heteroatoms. The number of methoxy groups -OCH3 is 2. The van der Waals surface area contributed by atoms with Crippen LogP contribution >= 0.6 is 0 Å². The summed E-state index contributed by atoms with van der Waals surface area (Å²) in [5.41, 5.74) is 2.83. The lowest BCUT2D eigenvalue weighted by molar-refractivity contribution is -0.686. The molecule has 7 nitrogen and oxygen atoms in total. The predicted octanol–water partition coefficient (Wildman–Crippen LogP) is 2.12. The third-order valence-electron chi connectivity index (χ3n) is 4.82. The van der Waals surface area contributed by atoms with Gasteiger partial charge in [-0.25, -0.2) is 9.59 Å². The van der Waals surface area contributed by atoms with Crippen LogP contribution in [0.1, 0.15) is 34.0 Å². The Bertz CT molecular complexity index is 1100. The molecule has 152 valence electrons. The second kappa shape index (κ2) is 8.79. The van der Waals surface area contributed by atoms with E-state index in [0.29, 0.717) is 36.4 Å². The van der Waals surface area contributed by atoms with Crippen molar-refractivity contribution in [1.82, 2.24) is 0 Å². The number of hydrogen-bond acceptors (Lipinski definition) is 6. The summed E-state index contributed by atoms with van der Waals surface area (Å²) in [6.45, 7) is 3.08. The van der Waals surface area contributed by atoms with Crippen LogP contribution in [0.15, 0.2) is 45.6 Å². The minimum atomic E-state index is -0.457. The highest BCUT2D eigenvalue weighted by molar-refractivity contribution is 5.92. The molecule has 0 radical (unpaired) electrons. The van der Waals surface area contributed by atoms with Crippen LogP contribution < -0.4 is 15.7 Å². The molecule has 0 fully saturated rings. The molecule has 0 amide bonds. The van der Waals surface area contributed by atoms with Crippen LogP contribution in [0.4, 0.5) is 0 Å². The normalized spacial score (nSPS) is 10.9. The first-order valence-corrected chi connectivity index (χ1v) is 9.32. The number of nitrogens with two attached hydrogens (primary N) is 1. The van der Waals surface area contributed by atoms with Crippen LogP contribution in [0.2, 0.25) is 0 Å². The van der Waals surface area contributed by atoms with Crippen LogP contribution in [0.25, 0.3) is 11.0 Å². The smallest absolute Gasteiger partial charge is 0.341 e. The Balaban J connectivity index is 1.83. The molecule has 1 heterocycles. The van der Waals surface area contributed by atoms with Crippen LogP contribution in [0.3, 0.4) is 0 Å². The van der Waals surface area contributed by atoms with Crippen molar-refractivity contribution in [3.05, 3.63) is 69.1 Å². The largest absolute Gasteiger partial charge is 0.508 e. The second-order valence-corrected chi connectivity index (χ2v) is 6.64. The number of hydrogen-bond donors (Lipinski definition) is 2.